The molecule has 0 atom stereocenters. The van der Waals surface area contributed by atoms with Crippen molar-refractivity contribution < 1.29 is 13.2 Å². The quantitative estimate of drug-likeness (QED) is 0.763. The number of hydrogen-bond acceptors (Lipinski definition) is 2. The number of nitrogens with one attached hydrogen (secondary N) is 1. The third-order valence-corrected chi connectivity index (χ3v) is 2.14. The maximum absolute atomic E-state index is 11.8. The Hall–Kier alpha value is -1.04. The number of aryl methyl sites for hydroxylation is 1. The molecule has 1 aromatic rings. The van der Waals surface area contributed by atoms with E-state index < -0.39 is 12.6 Å². The Labute approximate surface area is 92.6 Å². The van der Waals surface area contributed by atoms with E-state index in [0.29, 0.717) is 13.1 Å². The summed E-state index contributed by atoms with van der Waals surface area (Å²) in [7, 11) is 1.83. The van der Waals surface area contributed by atoms with Crippen molar-refractivity contribution in [3.05, 3.63) is 18.0 Å². The molecule has 1 N–H and O–H groups in total. The van der Waals surface area contributed by atoms with Gasteiger partial charge in [-0.2, -0.15) is 18.3 Å². The van der Waals surface area contributed by atoms with E-state index in [4.69, 9.17) is 0 Å². The van der Waals surface area contributed by atoms with Crippen molar-refractivity contribution >= 4 is 0 Å². The average Bonchev–Trinajstić information content (AvgIpc) is 2.56. The molecular weight excluding hydrogens is 219 g/mol. The fourth-order valence-electron chi connectivity index (χ4n) is 1.35. The van der Waals surface area contributed by atoms with E-state index in [1.807, 2.05) is 19.3 Å². The van der Waals surface area contributed by atoms with Gasteiger partial charge in [0.2, 0.25) is 0 Å². The molecule has 0 aliphatic heterocycles. The van der Waals surface area contributed by atoms with Crippen molar-refractivity contribution in [1.29, 1.82) is 0 Å². The average molecular weight is 235 g/mol. The largest absolute Gasteiger partial charge is 0.389 e. The highest BCUT2D eigenvalue weighted by atomic mass is 19.4. The fourth-order valence-corrected chi connectivity index (χ4v) is 1.35. The summed E-state index contributed by atoms with van der Waals surface area (Å²) in [5.41, 5.74) is 0.950. The maximum atomic E-state index is 11.8. The lowest BCUT2D eigenvalue weighted by Crippen LogP contribution is -2.20. The van der Waals surface area contributed by atoms with E-state index in [-0.39, 0.29) is 6.42 Å². The van der Waals surface area contributed by atoms with Crippen molar-refractivity contribution in [1.82, 2.24) is 15.1 Å². The van der Waals surface area contributed by atoms with Crippen LogP contribution in [0.1, 0.15) is 18.5 Å². The molecule has 1 rings (SSSR count). The van der Waals surface area contributed by atoms with Crippen LogP contribution in [0.15, 0.2) is 12.3 Å². The number of aromatic nitrogens is 2. The number of halogens is 3. The lowest BCUT2D eigenvalue weighted by Gasteiger charge is -2.06. The minimum atomic E-state index is -4.04. The summed E-state index contributed by atoms with van der Waals surface area (Å²) in [6.07, 6.45) is -2.04. The van der Waals surface area contributed by atoms with Crippen LogP contribution in [-0.2, 0) is 13.5 Å². The van der Waals surface area contributed by atoms with Crippen LogP contribution in [0.5, 0.6) is 0 Å². The van der Waals surface area contributed by atoms with Crippen LogP contribution in [0.4, 0.5) is 13.2 Å². The van der Waals surface area contributed by atoms with E-state index in [0.717, 1.165) is 12.1 Å². The maximum Gasteiger partial charge on any atom is 0.389 e. The molecule has 0 bridgehead atoms. The number of hydrogen-bond donors (Lipinski definition) is 1. The van der Waals surface area contributed by atoms with Crippen molar-refractivity contribution in [3.63, 3.8) is 0 Å². The van der Waals surface area contributed by atoms with Crippen LogP contribution >= 0.6 is 0 Å². The summed E-state index contributed by atoms with van der Waals surface area (Å²) in [6.45, 7) is 1.06. The lowest BCUT2D eigenvalue weighted by molar-refractivity contribution is -0.135. The predicted molar refractivity (Wildman–Crippen MR) is 55.1 cm³/mol. The van der Waals surface area contributed by atoms with Gasteiger partial charge >= 0.3 is 6.18 Å². The zero-order chi connectivity index (χ0) is 12.0. The topological polar surface area (TPSA) is 29.9 Å². The summed E-state index contributed by atoms with van der Waals surface area (Å²) in [5.74, 6) is 0. The van der Waals surface area contributed by atoms with Crippen molar-refractivity contribution in [2.24, 2.45) is 7.05 Å². The Bertz CT molecular complexity index is 307. The molecule has 0 spiro atoms. The summed E-state index contributed by atoms with van der Waals surface area (Å²) >= 11 is 0. The zero-order valence-electron chi connectivity index (χ0n) is 9.22. The minimum absolute atomic E-state index is 0.131. The van der Waals surface area contributed by atoms with Crippen LogP contribution in [0.2, 0.25) is 0 Å². The van der Waals surface area contributed by atoms with Gasteiger partial charge in [0.25, 0.3) is 0 Å². The normalized spacial score (nSPS) is 12.0. The summed E-state index contributed by atoms with van der Waals surface area (Å²) in [4.78, 5) is 0. The van der Waals surface area contributed by atoms with E-state index >= 15 is 0 Å². The van der Waals surface area contributed by atoms with Crippen LogP contribution in [0.3, 0.4) is 0 Å². The third-order valence-electron chi connectivity index (χ3n) is 2.14. The highest BCUT2D eigenvalue weighted by molar-refractivity contribution is 4.98. The van der Waals surface area contributed by atoms with Gasteiger partial charge in [-0.1, -0.05) is 0 Å². The van der Waals surface area contributed by atoms with E-state index in [1.165, 1.54) is 0 Å². The van der Waals surface area contributed by atoms with Crippen LogP contribution in [0.25, 0.3) is 0 Å². The molecule has 0 aliphatic rings. The summed E-state index contributed by atoms with van der Waals surface area (Å²) in [6, 6.07) is 1.90. The van der Waals surface area contributed by atoms with Crippen LogP contribution < -0.4 is 5.32 Å². The molecule has 16 heavy (non-hydrogen) atoms. The van der Waals surface area contributed by atoms with Gasteiger partial charge in [0, 0.05) is 32.6 Å². The van der Waals surface area contributed by atoms with E-state index in [1.54, 1.807) is 4.68 Å². The molecule has 0 saturated carbocycles. The third kappa shape index (κ3) is 5.75. The van der Waals surface area contributed by atoms with Gasteiger partial charge in [-0.25, -0.2) is 0 Å². The van der Waals surface area contributed by atoms with Crippen LogP contribution in [-0.4, -0.2) is 29.0 Å². The Balaban J connectivity index is 2.00. The van der Waals surface area contributed by atoms with E-state index in [9.17, 15) is 13.2 Å². The Morgan fingerprint density at radius 2 is 2.12 bits per heavy atom. The first kappa shape index (κ1) is 13.0. The molecule has 0 radical (unpaired) electrons. The molecule has 0 aliphatic carbocycles. The van der Waals surface area contributed by atoms with Gasteiger partial charge in [-0.05, 0) is 19.0 Å². The number of rotatable bonds is 6. The van der Waals surface area contributed by atoms with Gasteiger partial charge in [0.1, 0.15) is 0 Å². The van der Waals surface area contributed by atoms with Gasteiger partial charge in [-0.15, -0.1) is 0 Å². The molecule has 0 amide bonds. The van der Waals surface area contributed by atoms with E-state index in [2.05, 4.69) is 10.4 Å². The highest BCUT2D eigenvalue weighted by Crippen LogP contribution is 2.20. The second kappa shape index (κ2) is 5.89. The molecule has 0 fully saturated rings. The van der Waals surface area contributed by atoms with Gasteiger partial charge in [0.15, 0.2) is 0 Å². The van der Waals surface area contributed by atoms with Crippen LogP contribution in [0, 0.1) is 0 Å². The van der Waals surface area contributed by atoms with Gasteiger partial charge in [-0.3, -0.25) is 4.68 Å². The first-order chi connectivity index (χ1) is 7.47. The van der Waals surface area contributed by atoms with Gasteiger partial charge < -0.3 is 5.32 Å². The zero-order valence-corrected chi connectivity index (χ0v) is 9.22. The van der Waals surface area contributed by atoms with Crippen molar-refractivity contribution in [2.45, 2.75) is 25.4 Å². The minimum Gasteiger partial charge on any atom is -0.316 e. The molecule has 0 aromatic carbocycles. The first-order valence-electron chi connectivity index (χ1n) is 5.23. The standard InChI is InChI=1S/C10H16F3N3/c1-16-8-4-9(15-16)3-7-14-6-2-5-10(11,12)13/h4,8,14H,2-3,5-7H2,1H3. The van der Waals surface area contributed by atoms with Gasteiger partial charge in [0.05, 0.1) is 5.69 Å². The summed E-state index contributed by atoms with van der Waals surface area (Å²) < 4.78 is 37.1. The SMILES string of the molecule is Cn1ccc(CCNCCCC(F)(F)F)n1. The molecule has 1 heterocycles. The second-order valence-electron chi connectivity index (χ2n) is 3.70. The Morgan fingerprint density at radius 1 is 1.38 bits per heavy atom. The number of nitrogens with zero attached hydrogens (tertiary/aromatic N) is 2. The molecule has 1 aromatic heterocycles. The lowest BCUT2D eigenvalue weighted by atomic mass is 10.3. The molecule has 0 unspecified atom stereocenters. The summed E-state index contributed by atoms with van der Waals surface area (Å²) in [5, 5.41) is 7.13. The predicted octanol–water partition coefficient (Wildman–Crippen LogP) is 1.89. The second-order valence-corrected chi connectivity index (χ2v) is 3.70. The smallest absolute Gasteiger partial charge is 0.316 e. The monoisotopic (exact) mass is 235 g/mol. The highest BCUT2D eigenvalue weighted by Gasteiger charge is 2.25. The molecule has 3 nitrogen and oxygen atoms in total. The van der Waals surface area contributed by atoms with Crippen molar-refractivity contribution in [3.8, 4) is 0 Å². The fraction of sp³-hybridized carbons (Fsp3) is 0.700. The molecule has 92 valence electrons. The molecular formula is C10H16F3N3. The Morgan fingerprint density at radius 3 is 2.69 bits per heavy atom. The molecule has 0 saturated heterocycles. The Kier molecular flexibility index (Phi) is 4.79. The molecule has 6 heteroatoms. The van der Waals surface area contributed by atoms with Crippen molar-refractivity contribution in [2.75, 3.05) is 13.1 Å². The first-order valence-corrected chi connectivity index (χ1v) is 5.23. The number of alkyl halides is 3.